The number of hydrogen-bond acceptors (Lipinski definition) is 6. The third-order valence-electron chi connectivity index (χ3n) is 2.30. The molecule has 0 amide bonds. The van der Waals surface area contributed by atoms with Gasteiger partial charge in [-0.1, -0.05) is 17.4 Å². The van der Waals surface area contributed by atoms with Crippen LogP contribution in [0.15, 0.2) is 33.2 Å². The second-order valence-electron chi connectivity index (χ2n) is 3.69. The van der Waals surface area contributed by atoms with Crippen molar-refractivity contribution in [1.29, 1.82) is 0 Å². The first-order chi connectivity index (χ1) is 9.63. The van der Waals surface area contributed by atoms with Crippen molar-refractivity contribution in [2.45, 2.75) is 6.73 Å². The topological polar surface area (TPSA) is 65.7 Å². The summed E-state index contributed by atoms with van der Waals surface area (Å²) in [5.74, 6) is -0.0497. The normalized spacial score (nSPS) is 11.7. The molecular formula is C12H12BrN3O3S. The van der Waals surface area contributed by atoms with Crippen LogP contribution in [0.1, 0.15) is 10.5 Å². The Morgan fingerprint density at radius 3 is 3.00 bits per heavy atom. The summed E-state index contributed by atoms with van der Waals surface area (Å²) in [7, 11) is 2.93. The summed E-state index contributed by atoms with van der Waals surface area (Å²) in [4.78, 5) is 20.7. The lowest BCUT2D eigenvalue weighted by molar-refractivity contribution is 0.0594. The number of carbonyl (C=O) groups is 1. The first-order valence-corrected chi connectivity index (χ1v) is 7.20. The molecule has 0 aliphatic carbocycles. The number of nitrogens with zero attached hydrogens (tertiary/aromatic N) is 3. The van der Waals surface area contributed by atoms with Gasteiger partial charge in [0, 0.05) is 13.3 Å². The highest BCUT2D eigenvalue weighted by molar-refractivity contribution is 9.11. The molecule has 2 aromatic rings. The van der Waals surface area contributed by atoms with Gasteiger partial charge in [-0.15, -0.1) is 0 Å². The number of ether oxygens (including phenoxy) is 2. The molecule has 0 saturated heterocycles. The molecule has 0 saturated carbocycles. The molecule has 0 radical (unpaired) electrons. The van der Waals surface area contributed by atoms with Crippen LogP contribution in [0.4, 0.5) is 5.82 Å². The lowest BCUT2D eigenvalue weighted by Gasteiger charge is -2.00. The van der Waals surface area contributed by atoms with Gasteiger partial charge in [0.25, 0.3) is 0 Å². The molecule has 0 bridgehead atoms. The van der Waals surface area contributed by atoms with Crippen LogP contribution in [0.2, 0.25) is 0 Å². The zero-order chi connectivity index (χ0) is 14.5. The average Bonchev–Trinajstić information content (AvgIpc) is 2.78. The Balaban J connectivity index is 2.42. The summed E-state index contributed by atoms with van der Waals surface area (Å²) in [6.45, 7) is 0.387. The van der Waals surface area contributed by atoms with Crippen molar-refractivity contribution in [1.82, 2.24) is 9.55 Å². The zero-order valence-electron chi connectivity index (χ0n) is 10.9. The van der Waals surface area contributed by atoms with E-state index in [0.29, 0.717) is 17.4 Å². The SMILES string of the molecule is COCn1cc(Br)s/c1=N\c1cccc(C(=O)OC)n1. The van der Waals surface area contributed by atoms with E-state index in [-0.39, 0.29) is 5.69 Å². The molecule has 0 atom stereocenters. The van der Waals surface area contributed by atoms with E-state index in [4.69, 9.17) is 4.74 Å². The number of thiazole rings is 1. The molecule has 8 heteroatoms. The van der Waals surface area contributed by atoms with Gasteiger partial charge in [-0.2, -0.15) is 0 Å². The fraction of sp³-hybridized carbons (Fsp3) is 0.250. The Morgan fingerprint density at radius 1 is 1.50 bits per heavy atom. The zero-order valence-corrected chi connectivity index (χ0v) is 13.3. The van der Waals surface area contributed by atoms with Crippen molar-refractivity contribution in [2.24, 2.45) is 4.99 Å². The predicted molar refractivity (Wildman–Crippen MR) is 77.8 cm³/mol. The molecule has 2 rings (SSSR count). The van der Waals surface area contributed by atoms with Gasteiger partial charge in [0.15, 0.2) is 16.3 Å². The van der Waals surface area contributed by atoms with E-state index in [1.165, 1.54) is 18.4 Å². The standard InChI is InChI=1S/C12H12BrN3O3S/c1-18-7-16-6-9(13)20-12(16)15-10-5-3-4-8(14-10)11(17)19-2/h3-6H,7H2,1-2H3/b15-12-. The third kappa shape index (κ3) is 3.53. The molecule has 0 aliphatic rings. The summed E-state index contributed by atoms with van der Waals surface area (Å²) in [6.07, 6.45) is 1.87. The largest absolute Gasteiger partial charge is 0.464 e. The van der Waals surface area contributed by atoms with Crippen molar-refractivity contribution >= 4 is 39.1 Å². The lowest BCUT2D eigenvalue weighted by Crippen LogP contribution is -2.14. The van der Waals surface area contributed by atoms with E-state index >= 15 is 0 Å². The molecule has 2 aromatic heterocycles. The van der Waals surface area contributed by atoms with Gasteiger partial charge in [-0.05, 0) is 28.1 Å². The van der Waals surface area contributed by atoms with Crippen molar-refractivity contribution in [3.63, 3.8) is 0 Å². The molecule has 0 spiro atoms. The number of methoxy groups -OCH3 is 2. The minimum atomic E-state index is -0.487. The maximum absolute atomic E-state index is 11.4. The molecule has 0 fully saturated rings. The van der Waals surface area contributed by atoms with Crippen LogP contribution in [0, 0.1) is 0 Å². The molecule has 20 heavy (non-hydrogen) atoms. The Bertz CT molecular complexity index is 681. The fourth-order valence-electron chi connectivity index (χ4n) is 1.47. The van der Waals surface area contributed by atoms with E-state index in [1.54, 1.807) is 25.3 Å². The summed E-state index contributed by atoms with van der Waals surface area (Å²) in [6, 6.07) is 5.01. The summed E-state index contributed by atoms with van der Waals surface area (Å²) < 4.78 is 12.5. The highest BCUT2D eigenvalue weighted by Gasteiger charge is 2.07. The fourth-order valence-corrected chi connectivity index (χ4v) is 2.87. The minimum Gasteiger partial charge on any atom is -0.464 e. The van der Waals surface area contributed by atoms with E-state index in [2.05, 4.69) is 30.6 Å². The number of rotatable bonds is 4. The molecule has 0 aromatic carbocycles. The molecular weight excluding hydrogens is 346 g/mol. The molecule has 6 nitrogen and oxygen atoms in total. The maximum Gasteiger partial charge on any atom is 0.356 e. The van der Waals surface area contributed by atoms with Crippen LogP contribution in [-0.2, 0) is 16.2 Å². The quantitative estimate of drug-likeness (QED) is 0.787. The molecule has 2 heterocycles. The Kier molecular flexibility index (Phi) is 5.05. The Labute approximate surface area is 127 Å². The average molecular weight is 358 g/mol. The van der Waals surface area contributed by atoms with Crippen LogP contribution in [0.3, 0.4) is 0 Å². The van der Waals surface area contributed by atoms with Crippen molar-refractivity contribution in [3.05, 3.63) is 38.7 Å². The van der Waals surface area contributed by atoms with Gasteiger partial charge < -0.3 is 9.47 Å². The predicted octanol–water partition coefficient (Wildman–Crippen LogP) is 2.33. The van der Waals surface area contributed by atoms with Crippen LogP contribution >= 0.6 is 27.3 Å². The molecule has 0 unspecified atom stereocenters. The van der Waals surface area contributed by atoms with E-state index in [0.717, 1.165) is 3.79 Å². The summed E-state index contributed by atoms with van der Waals surface area (Å²) in [5, 5.41) is 0. The number of carbonyl (C=O) groups excluding carboxylic acids is 1. The van der Waals surface area contributed by atoms with Gasteiger partial charge >= 0.3 is 5.97 Å². The van der Waals surface area contributed by atoms with E-state index in [9.17, 15) is 4.79 Å². The third-order valence-corrected chi connectivity index (χ3v) is 3.80. The second kappa shape index (κ2) is 6.78. The second-order valence-corrected chi connectivity index (χ2v) is 6.08. The van der Waals surface area contributed by atoms with Gasteiger partial charge in [-0.3, -0.25) is 4.57 Å². The minimum absolute atomic E-state index is 0.225. The highest BCUT2D eigenvalue weighted by Crippen LogP contribution is 2.14. The molecule has 0 N–H and O–H groups in total. The molecule has 106 valence electrons. The van der Waals surface area contributed by atoms with Gasteiger partial charge in [0.05, 0.1) is 10.9 Å². The number of pyridine rings is 1. The summed E-state index contributed by atoms with van der Waals surface area (Å²) >= 11 is 4.85. The van der Waals surface area contributed by atoms with Crippen LogP contribution in [0.5, 0.6) is 0 Å². The van der Waals surface area contributed by atoms with E-state index in [1.807, 2.05) is 10.8 Å². The van der Waals surface area contributed by atoms with E-state index < -0.39 is 5.97 Å². The highest BCUT2D eigenvalue weighted by atomic mass is 79.9. The van der Waals surface area contributed by atoms with Crippen molar-refractivity contribution in [3.8, 4) is 0 Å². The van der Waals surface area contributed by atoms with Crippen LogP contribution in [-0.4, -0.2) is 29.7 Å². The van der Waals surface area contributed by atoms with Gasteiger partial charge in [0.2, 0.25) is 0 Å². The number of hydrogen-bond donors (Lipinski definition) is 0. The Hall–Kier alpha value is -1.51. The van der Waals surface area contributed by atoms with Gasteiger partial charge in [-0.25, -0.2) is 14.8 Å². The lowest BCUT2D eigenvalue weighted by atomic mass is 10.3. The smallest absolute Gasteiger partial charge is 0.356 e. The number of esters is 1. The van der Waals surface area contributed by atoms with Crippen molar-refractivity contribution < 1.29 is 14.3 Å². The summed E-state index contributed by atoms with van der Waals surface area (Å²) in [5.41, 5.74) is 0.225. The number of halogens is 1. The first kappa shape index (κ1) is 14.9. The van der Waals surface area contributed by atoms with Gasteiger partial charge in [0.1, 0.15) is 6.73 Å². The van der Waals surface area contributed by atoms with Crippen LogP contribution in [0.25, 0.3) is 0 Å². The first-order valence-electron chi connectivity index (χ1n) is 5.59. The van der Waals surface area contributed by atoms with Crippen LogP contribution < -0.4 is 4.80 Å². The maximum atomic E-state index is 11.4. The monoisotopic (exact) mass is 357 g/mol. The number of aromatic nitrogens is 2. The Morgan fingerprint density at radius 2 is 2.30 bits per heavy atom. The molecule has 0 aliphatic heterocycles. The van der Waals surface area contributed by atoms with Crippen molar-refractivity contribution in [2.75, 3.05) is 14.2 Å².